The number of likely N-dealkylation sites (tertiary alicyclic amines) is 1. The lowest BCUT2D eigenvalue weighted by Gasteiger charge is -2.31. The first kappa shape index (κ1) is 32.1. The monoisotopic (exact) mass is 702 g/mol. The van der Waals surface area contributed by atoms with Crippen molar-refractivity contribution >= 4 is 50.7 Å². The fraction of sp³-hybridized carbons (Fsp3) is 0.440. The number of aryl methyl sites for hydroxylation is 1. The second-order valence-corrected chi connectivity index (χ2v) is 11.9. The van der Waals surface area contributed by atoms with Gasteiger partial charge in [0.05, 0.1) is 24.2 Å². The molecule has 17 heteroatoms. The highest BCUT2D eigenvalue weighted by Crippen LogP contribution is 2.47. The summed E-state index contributed by atoms with van der Waals surface area (Å²) in [5, 5.41) is 4.84. The first-order chi connectivity index (χ1) is 19.6. The summed E-state index contributed by atoms with van der Waals surface area (Å²) in [6.45, 7) is 2.53. The van der Waals surface area contributed by atoms with Crippen LogP contribution in [0.1, 0.15) is 40.7 Å². The summed E-state index contributed by atoms with van der Waals surface area (Å²) in [6.07, 6.45) is -9.47. The van der Waals surface area contributed by atoms with E-state index in [1.54, 1.807) is 17.9 Å². The summed E-state index contributed by atoms with van der Waals surface area (Å²) in [7, 11) is 1.27. The number of nitrogens with zero attached hydrogens (tertiary/aromatic N) is 4. The highest BCUT2D eigenvalue weighted by atomic mass is 79.9. The summed E-state index contributed by atoms with van der Waals surface area (Å²) in [5.41, 5.74) is -0.485. The third kappa shape index (κ3) is 7.56. The molecular formula is C25H22BrClF6N4O4S. The molecule has 0 radical (unpaired) electrons. The molecule has 0 bridgehead atoms. The van der Waals surface area contributed by atoms with Crippen LogP contribution in [0.25, 0.3) is 11.3 Å². The van der Waals surface area contributed by atoms with Crippen LogP contribution in [0.4, 0.5) is 26.3 Å². The number of benzene rings is 1. The van der Waals surface area contributed by atoms with Gasteiger partial charge in [-0.1, -0.05) is 27.5 Å². The largest absolute Gasteiger partial charge is 0.573 e. The van der Waals surface area contributed by atoms with Crippen LogP contribution in [-0.4, -0.2) is 58.1 Å². The van der Waals surface area contributed by atoms with Crippen molar-refractivity contribution in [1.29, 1.82) is 0 Å². The Bertz CT molecular complexity index is 1480. The number of piperidine rings is 1. The molecular weight excluding hydrogens is 682 g/mol. The number of esters is 1. The van der Waals surface area contributed by atoms with Crippen LogP contribution in [-0.2, 0) is 33.5 Å². The molecule has 0 unspecified atom stereocenters. The quantitative estimate of drug-likeness (QED) is 0.200. The molecule has 228 valence electrons. The maximum atomic E-state index is 13.5. The predicted molar refractivity (Wildman–Crippen MR) is 143 cm³/mol. The summed E-state index contributed by atoms with van der Waals surface area (Å²) in [5.74, 6) is -2.18. The Hall–Kier alpha value is -2.85. The summed E-state index contributed by atoms with van der Waals surface area (Å²) >= 11 is 10.1. The number of carbonyl (C=O) groups is 2. The highest BCUT2D eigenvalue weighted by Gasteiger charge is 2.41. The SMILES string of the molecule is COC(=O)Cc1cc(C)n(CC(=O)N2CCC(c3nc(-c4cc(Br)c(C(F)(F)F)c(OC(F)(F)F)c4)c(Cl)s3)CC2)n1. The van der Waals surface area contributed by atoms with Crippen LogP contribution >= 0.6 is 38.9 Å². The number of rotatable bonds is 7. The fourth-order valence-corrected chi connectivity index (χ4v) is 6.56. The number of ether oxygens (including phenoxy) is 2. The molecule has 1 saturated heterocycles. The Morgan fingerprint density at radius 3 is 2.40 bits per heavy atom. The van der Waals surface area contributed by atoms with Crippen molar-refractivity contribution in [1.82, 2.24) is 19.7 Å². The first-order valence-corrected chi connectivity index (χ1v) is 14.3. The van der Waals surface area contributed by atoms with Gasteiger partial charge in [-0.3, -0.25) is 14.3 Å². The van der Waals surface area contributed by atoms with Crippen LogP contribution in [0.3, 0.4) is 0 Å². The van der Waals surface area contributed by atoms with E-state index in [-0.39, 0.29) is 40.4 Å². The van der Waals surface area contributed by atoms with E-state index in [2.05, 4.69) is 35.5 Å². The van der Waals surface area contributed by atoms with E-state index in [1.165, 1.54) is 11.8 Å². The van der Waals surface area contributed by atoms with Crippen LogP contribution in [0.5, 0.6) is 5.75 Å². The molecule has 0 saturated carbocycles. The van der Waals surface area contributed by atoms with Crippen LogP contribution in [0, 0.1) is 6.92 Å². The van der Waals surface area contributed by atoms with E-state index < -0.39 is 34.3 Å². The van der Waals surface area contributed by atoms with Crippen molar-refractivity contribution in [3.05, 3.63) is 49.0 Å². The fourth-order valence-electron chi connectivity index (χ4n) is 4.52. The third-order valence-electron chi connectivity index (χ3n) is 6.51. The number of hydrogen-bond donors (Lipinski definition) is 0. The molecule has 1 amide bonds. The van der Waals surface area contributed by atoms with E-state index in [0.29, 0.717) is 48.4 Å². The number of alkyl halides is 6. The summed E-state index contributed by atoms with van der Waals surface area (Å²) in [6, 6.07) is 3.31. The molecule has 3 aromatic rings. The van der Waals surface area contributed by atoms with Gasteiger partial charge in [0.2, 0.25) is 5.91 Å². The lowest BCUT2D eigenvalue weighted by atomic mass is 9.97. The minimum atomic E-state index is -5.36. The molecule has 0 atom stereocenters. The summed E-state index contributed by atoms with van der Waals surface area (Å²) < 4.78 is 88.4. The second-order valence-electron chi connectivity index (χ2n) is 9.39. The smallest absolute Gasteiger partial charge is 0.469 e. The van der Waals surface area contributed by atoms with Crippen molar-refractivity contribution < 1.29 is 45.4 Å². The molecule has 0 N–H and O–H groups in total. The molecule has 2 aromatic heterocycles. The lowest BCUT2D eigenvalue weighted by molar-refractivity contribution is -0.276. The molecule has 1 fully saturated rings. The Morgan fingerprint density at radius 1 is 1.14 bits per heavy atom. The van der Waals surface area contributed by atoms with Gasteiger partial charge in [0, 0.05) is 34.7 Å². The minimum Gasteiger partial charge on any atom is -0.469 e. The van der Waals surface area contributed by atoms with Gasteiger partial charge in [0.1, 0.15) is 27.9 Å². The molecule has 3 heterocycles. The Labute approximate surface area is 252 Å². The van der Waals surface area contributed by atoms with Gasteiger partial charge in [-0.15, -0.1) is 24.5 Å². The number of thiazole rings is 1. The van der Waals surface area contributed by atoms with Gasteiger partial charge >= 0.3 is 18.5 Å². The van der Waals surface area contributed by atoms with Crippen molar-refractivity contribution in [3.8, 4) is 17.0 Å². The number of carbonyl (C=O) groups excluding carboxylic acids is 2. The van der Waals surface area contributed by atoms with Crippen molar-refractivity contribution in [2.45, 2.75) is 51.2 Å². The average molecular weight is 704 g/mol. The maximum Gasteiger partial charge on any atom is 0.573 e. The number of methoxy groups -OCH3 is 1. The van der Waals surface area contributed by atoms with E-state index in [4.69, 9.17) is 11.6 Å². The zero-order valence-corrected chi connectivity index (χ0v) is 25.1. The number of aromatic nitrogens is 3. The second kappa shape index (κ2) is 12.4. The van der Waals surface area contributed by atoms with Crippen molar-refractivity contribution in [2.75, 3.05) is 20.2 Å². The predicted octanol–water partition coefficient (Wildman–Crippen LogP) is 6.77. The molecule has 4 rings (SSSR count). The molecule has 1 aliphatic rings. The van der Waals surface area contributed by atoms with Gasteiger partial charge in [0.15, 0.2) is 0 Å². The Kier molecular flexibility index (Phi) is 9.47. The maximum absolute atomic E-state index is 13.5. The van der Waals surface area contributed by atoms with Crippen LogP contribution in [0.2, 0.25) is 4.34 Å². The van der Waals surface area contributed by atoms with E-state index in [0.717, 1.165) is 17.4 Å². The van der Waals surface area contributed by atoms with Crippen LogP contribution in [0.15, 0.2) is 22.7 Å². The molecule has 0 aliphatic carbocycles. The third-order valence-corrected chi connectivity index (χ3v) is 8.55. The van der Waals surface area contributed by atoms with Crippen molar-refractivity contribution in [2.24, 2.45) is 0 Å². The van der Waals surface area contributed by atoms with Gasteiger partial charge < -0.3 is 14.4 Å². The van der Waals surface area contributed by atoms with Gasteiger partial charge in [-0.2, -0.15) is 18.3 Å². The average Bonchev–Trinajstić information content (AvgIpc) is 3.43. The standard InChI is InChI=1S/C25H22BrClF6N4O4S/c1-12-7-15(10-19(39)40-2)35-37(12)11-18(38)36-5-3-13(4-6-36)23-34-21(22(27)42-23)14-8-16(26)20(24(28,29)30)17(9-14)41-25(31,32)33/h7-9,13H,3-6,10-11H2,1-2H3. The molecule has 0 spiro atoms. The van der Waals surface area contributed by atoms with Gasteiger partial charge in [-0.25, -0.2) is 4.98 Å². The number of amides is 1. The zero-order chi connectivity index (χ0) is 31.0. The minimum absolute atomic E-state index is 0.0115. The van der Waals surface area contributed by atoms with Crippen molar-refractivity contribution in [3.63, 3.8) is 0 Å². The van der Waals surface area contributed by atoms with Gasteiger partial charge in [0.25, 0.3) is 0 Å². The van der Waals surface area contributed by atoms with E-state index in [1.807, 2.05) is 0 Å². The van der Waals surface area contributed by atoms with Crippen LogP contribution < -0.4 is 4.74 Å². The Morgan fingerprint density at radius 2 is 1.81 bits per heavy atom. The number of halogens is 8. The van der Waals surface area contributed by atoms with E-state index >= 15 is 0 Å². The normalized spacial score (nSPS) is 14.8. The lowest BCUT2D eigenvalue weighted by Crippen LogP contribution is -2.40. The molecule has 1 aliphatic heterocycles. The highest BCUT2D eigenvalue weighted by molar-refractivity contribution is 9.10. The number of hydrogen-bond acceptors (Lipinski definition) is 7. The summed E-state index contributed by atoms with van der Waals surface area (Å²) in [4.78, 5) is 30.5. The molecule has 42 heavy (non-hydrogen) atoms. The molecule has 1 aromatic carbocycles. The van der Waals surface area contributed by atoms with E-state index in [9.17, 15) is 35.9 Å². The topological polar surface area (TPSA) is 86.6 Å². The molecule has 8 nitrogen and oxygen atoms in total. The van der Waals surface area contributed by atoms with Gasteiger partial charge in [-0.05, 0) is 38.0 Å². The first-order valence-electron chi connectivity index (χ1n) is 12.3. The zero-order valence-electron chi connectivity index (χ0n) is 21.9. The Balaban J connectivity index is 1.46.